The zero-order valence-corrected chi connectivity index (χ0v) is 29.8. The van der Waals surface area contributed by atoms with Crippen molar-refractivity contribution < 1.29 is 4.42 Å². The van der Waals surface area contributed by atoms with E-state index in [0.717, 1.165) is 60.9 Å². The van der Waals surface area contributed by atoms with Gasteiger partial charge in [-0.1, -0.05) is 176 Å². The SMILES string of the molecule is c1ccc(-c2cccc(-c3ccc(-c4ccc5oc6cccc(-c7ccc(-c8nc(-c9ccccc9)nc(-c9ccccc9)n8)cc7)c6c5c4)cc3)c2)cc1. The molecule has 258 valence electrons. The lowest BCUT2D eigenvalue weighted by Gasteiger charge is -2.10. The van der Waals surface area contributed by atoms with E-state index in [2.05, 4.69) is 133 Å². The minimum Gasteiger partial charge on any atom is -0.456 e. The van der Waals surface area contributed by atoms with Gasteiger partial charge in [0.2, 0.25) is 0 Å². The number of hydrogen-bond acceptors (Lipinski definition) is 4. The first kappa shape index (κ1) is 32.2. The predicted molar refractivity (Wildman–Crippen MR) is 225 cm³/mol. The molecular weight excluding hydrogens is 671 g/mol. The highest BCUT2D eigenvalue weighted by Gasteiger charge is 2.16. The normalized spacial score (nSPS) is 11.3. The molecule has 0 spiro atoms. The summed E-state index contributed by atoms with van der Waals surface area (Å²) in [5, 5.41) is 2.18. The highest BCUT2D eigenvalue weighted by molar-refractivity contribution is 6.13. The van der Waals surface area contributed by atoms with Crippen LogP contribution in [-0.4, -0.2) is 15.0 Å². The first-order valence-electron chi connectivity index (χ1n) is 18.4. The number of fused-ring (bicyclic) bond motifs is 3. The van der Waals surface area contributed by atoms with Crippen LogP contribution in [0.5, 0.6) is 0 Å². The topological polar surface area (TPSA) is 51.8 Å². The van der Waals surface area contributed by atoms with Crippen LogP contribution in [0.4, 0.5) is 0 Å². The maximum Gasteiger partial charge on any atom is 0.164 e. The van der Waals surface area contributed by atoms with E-state index in [-0.39, 0.29) is 0 Å². The average Bonchev–Trinajstić information content (AvgIpc) is 3.66. The molecule has 0 atom stereocenters. The molecule has 2 aromatic heterocycles. The summed E-state index contributed by atoms with van der Waals surface area (Å²) in [6, 6.07) is 69.4. The molecular formula is C51H33N3O. The third-order valence-electron chi connectivity index (χ3n) is 10.2. The second-order valence-corrected chi connectivity index (χ2v) is 13.6. The van der Waals surface area contributed by atoms with Gasteiger partial charge < -0.3 is 4.42 Å². The van der Waals surface area contributed by atoms with E-state index in [9.17, 15) is 0 Å². The Morgan fingerprint density at radius 1 is 0.273 bits per heavy atom. The van der Waals surface area contributed by atoms with Crippen molar-refractivity contribution >= 4 is 21.9 Å². The fourth-order valence-electron chi connectivity index (χ4n) is 7.35. The third-order valence-corrected chi connectivity index (χ3v) is 10.2. The Kier molecular flexibility index (Phi) is 8.12. The molecule has 4 nitrogen and oxygen atoms in total. The zero-order valence-electron chi connectivity index (χ0n) is 29.8. The molecule has 0 bridgehead atoms. The number of nitrogens with zero attached hydrogens (tertiary/aromatic N) is 3. The van der Waals surface area contributed by atoms with Crippen molar-refractivity contribution in [3.63, 3.8) is 0 Å². The molecule has 0 aliphatic carbocycles. The summed E-state index contributed by atoms with van der Waals surface area (Å²) < 4.78 is 6.41. The van der Waals surface area contributed by atoms with E-state index in [0.29, 0.717) is 17.5 Å². The smallest absolute Gasteiger partial charge is 0.164 e. The summed E-state index contributed by atoms with van der Waals surface area (Å²) in [6.07, 6.45) is 0. The van der Waals surface area contributed by atoms with Crippen LogP contribution in [0, 0.1) is 0 Å². The van der Waals surface area contributed by atoms with Crippen LogP contribution in [0.3, 0.4) is 0 Å². The van der Waals surface area contributed by atoms with E-state index >= 15 is 0 Å². The Hall–Kier alpha value is -7.43. The van der Waals surface area contributed by atoms with E-state index in [1.54, 1.807) is 0 Å². The van der Waals surface area contributed by atoms with Gasteiger partial charge in [-0.3, -0.25) is 0 Å². The van der Waals surface area contributed by atoms with Crippen LogP contribution in [0.2, 0.25) is 0 Å². The van der Waals surface area contributed by atoms with Gasteiger partial charge in [0.05, 0.1) is 0 Å². The highest BCUT2D eigenvalue weighted by Crippen LogP contribution is 2.39. The molecule has 0 unspecified atom stereocenters. The molecule has 2 heterocycles. The Balaban J connectivity index is 0.990. The van der Waals surface area contributed by atoms with Crippen molar-refractivity contribution in [1.29, 1.82) is 0 Å². The summed E-state index contributed by atoms with van der Waals surface area (Å²) in [4.78, 5) is 14.7. The molecule has 10 aromatic rings. The molecule has 10 rings (SSSR count). The van der Waals surface area contributed by atoms with Crippen LogP contribution >= 0.6 is 0 Å². The lowest BCUT2D eigenvalue weighted by molar-refractivity contribution is 0.669. The fraction of sp³-hybridized carbons (Fsp3) is 0. The standard InChI is InChI=1S/C51H33N3O/c1-4-12-34(13-5-1)41-18-10-19-42(32-41)35-22-24-36(25-23-35)43-30-31-46-45(33-43)48-44(20-11-21-47(48)55-46)37-26-28-40(29-27-37)51-53-49(38-14-6-2-7-15-38)52-50(54-51)39-16-8-3-9-17-39/h1-33H. The van der Waals surface area contributed by atoms with Crippen LogP contribution < -0.4 is 0 Å². The first-order valence-corrected chi connectivity index (χ1v) is 18.4. The quantitative estimate of drug-likeness (QED) is 0.166. The average molecular weight is 704 g/mol. The number of aromatic nitrogens is 3. The minimum absolute atomic E-state index is 0.630. The van der Waals surface area contributed by atoms with Gasteiger partial charge >= 0.3 is 0 Å². The Morgan fingerprint density at radius 3 is 1.24 bits per heavy atom. The van der Waals surface area contributed by atoms with E-state index in [4.69, 9.17) is 19.4 Å². The molecule has 4 heteroatoms. The zero-order chi connectivity index (χ0) is 36.6. The number of hydrogen-bond donors (Lipinski definition) is 0. The van der Waals surface area contributed by atoms with Crippen molar-refractivity contribution in [2.75, 3.05) is 0 Å². The Bertz CT molecular complexity index is 2880. The summed E-state index contributed by atoms with van der Waals surface area (Å²) in [7, 11) is 0. The molecule has 0 amide bonds. The third kappa shape index (κ3) is 6.26. The van der Waals surface area contributed by atoms with Crippen molar-refractivity contribution in [2.24, 2.45) is 0 Å². The molecule has 0 fully saturated rings. The van der Waals surface area contributed by atoms with Crippen LogP contribution in [-0.2, 0) is 0 Å². The van der Waals surface area contributed by atoms with Gasteiger partial charge in [0.1, 0.15) is 11.2 Å². The first-order chi connectivity index (χ1) is 27.2. The monoisotopic (exact) mass is 703 g/mol. The van der Waals surface area contributed by atoms with Gasteiger partial charge in [-0.2, -0.15) is 0 Å². The molecule has 0 saturated heterocycles. The molecule has 55 heavy (non-hydrogen) atoms. The summed E-state index contributed by atoms with van der Waals surface area (Å²) in [6.45, 7) is 0. The van der Waals surface area contributed by atoms with Gasteiger partial charge in [-0.05, 0) is 68.8 Å². The summed E-state index contributed by atoms with van der Waals surface area (Å²) >= 11 is 0. The van der Waals surface area contributed by atoms with E-state index in [1.165, 1.54) is 22.3 Å². The molecule has 8 aromatic carbocycles. The highest BCUT2D eigenvalue weighted by atomic mass is 16.3. The van der Waals surface area contributed by atoms with Gasteiger partial charge in [0.25, 0.3) is 0 Å². The van der Waals surface area contributed by atoms with Gasteiger partial charge in [0.15, 0.2) is 17.5 Å². The lowest BCUT2D eigenvalue weighted by Crippen LogP contribution is -2.00. The van der Waals surface area contributed by atoms with E-state index in [1.807, 2.05) is 66.7 Å². The molecule has 0 radical (unpaired) electrons. The van der Waals surface area contributed by atoms with Gasteiger partial charge in [-0.25, -0.2) is 15.0 Å². The van der Waals surface area contributed by atoms with Crippen molar-refractivity contribution in [2.45, 2.75) is 0 Å². The maximum atomic E-state index is 6.41. The molecule has 0 aliphatic heterocycles. The number of benzene rings is 8. The summed E-state index contributed by atoms with van der Waals surface area (Å²) in [5.74, 6) is 1.92. The van der Waals surface area contributed by atoms with E-state index < -0.39 is 0 Å². The number of rotatable bonds is 7. The minimum atomic E-state index is 0.630. The number of furan rings is 1. The second-order valence-electron chi connectivity index (χ2n) is 13.6. The maximum absolute atomic E-state index is 6.41. The Morgan fingerprint density at radius 2 is 0.673 bits per heavy atom. The Labute approximate surface area is 319 Å². The predicted octanol–water partition coefficient (Wildman–Crippen LogP) is 13.4. The van der Waals surface area contributed by atoms with Gasteiger partial charge in [0, 0.05) is 27.5 Å². The van der Waals surface area contributed by atoms with Crippen molar-refractivity contribution in [3.8, 4) is 78.7 Å². The molecule has 0 aliphatic rings. The fourth-order valence-corrected chi connectivity index (χ4v) is 7.35. The molecule has 0 saturated carbocycles. The summed E-state index contributed by atoms with van der Waals surface area (Å²) in [5.41, 5.74) is 13.8. The van der Waals surface area contributed by atoms with Crippen molar-refractivity contribution in [3.05, 3.63) is 200 Å². The van der Waals surface area contributed by atoms with Crippen molar-refractivity contribution in [1.82, 2.24) is 15.0 Å². The van der Waals surface area contributed by atoms with Crippen LogP contribution in [0.25, 0.3) is 101 Å². The largest absolute Gasteiger partial charge is 0.456 e. The molecule has 0 N–H and O–H groups in total. The van der Waals surface area contributed by atoms with Gasteiger partial charge in [-0.15, -0.1) is 0 Å². The lowest BCUT2D eigenvalue weighted by atomic mass is 9.95. The van der Waals surface area contributed by atoms with Crippen LogP contribution in [0.15, 0.2) is 205 Å². The second kappa shape index (κ2) is 13.8. The van der Waals surface area contributed by atoms with Crippen LogP contribution in [0.1, 0.15) is 0 Å².